The number of hydrogen-bond acceptors (Lipinski definition) is 3. The third kappa shape index (κ3) is 2.73. The number of hydrogen-bond donors (Lipinski definition) is 1. The molecule has 18 heavy (non-hydrogen) atoms. The fourth-order valence-electron chi connectivity index (χ4n) is 2.98. The minimum Gasteiger partial charge on any atom is -0.329 e. The zero-order valence-electron chi connectivity index (χ0n) is 11.6. The normalized spacial score (nSPS) is 23.0. The first-order valence-corrected chi connectivity index (χ1v) is 7.90. The molecule has 2 N–H and O–H groups in total. The van der Waals surface area contributed by atoms with Gasteiger partial charge in [-0.3, -0.25) is 4.90 Å². The van der Waals surface area contributed by atoms with Crippen LogP contribution in [0.4, 0.5) is 0 Å². The first-order valence-electron chi connectivity index (χ1n) is 6.74. The van der Waals surface area contributed by atoms with Gasteiger partial charge in [0.2, 0.25) is 0 Å². The Morgan fingerprint density at radius 2 is 2.06 bits per heavy atom. The summed E-state index contributed by atoms with van der Waals surface area (Å²) < 4.78 is 0. The third-order valence-corrected chi connectivity index (χ3v) is 5.11. The lowest BCUT2D eigenvalue weighted by atomic mass is 9.94. The van der Waals surface area contributed by atoms with E-state index in [-0.39, 0.29) is 0 Å². The summed E-state index contributed by atoms with van der Waals surface area (Å²) in [7, 11) is 0. The molecule has 1 aliphatic rings. The molecule has 1 heterocycles. The minimum absolute atomic E-state index is 0.377. The molecule has 3 heteroatoms. The van der Waals surface area contributed by atoms with Crippen LogP contribution in [0.3, 0.4) is 0 Å². The van der Waals surface area contributed by atoms with E-state index < -0.39 is 0 Å². The zero-order valence-corrected chi connectivity index (χ0v) is 12.5. The topological polar surface area (TPSA) is 29.3 Å². The van der Waals surface area contributed by atoms with E-state index in [1.54, 1.807) is 0 Å². The fraction of sp³-hybridized carbons (Fsp3) is 0.600. The van der Waals surface area contributed by atoms with Gasteiger partial charge in [-0.05, 0) is 37.5 Å². The maximum absolute atomic E-state index is 6.09. The van der Waals surface area contributed by atoms with Gasteiger partial charge in [0.25, 0.3) is 0 Å². The maximum Gasteiger partial charge on any atom is 0.0479 e. The Morgan fingerprint density at radius 1 is 1.39 bits per heavy atom. The van der Waals surface area contributed by atoms with Crippen molar-refractivity contribution in [2.45, 2.75) is 32.9 Å². The van der Waals surface area contributed by atoms with E-state index in [4.69, 9.17) is 5.73 Å². The van der Waals surface area contributed by atoms with Gasteiger partial charge >= 0.3 is 0 Å². The standard InChI is InChI=1S/C15H24N2S/c1-11-5-4-6-12(2)15(11)14(9-16)17-7-8-18-10-13(17)3/h4-6,13-14H,7-10,16H2,1-3H3. The summed E-state index contributed by atoms with van der Waals surface area (Å²) in [5.41, 5.74) is 10.3. The first kappa shape index (κ1) is 13.9. The maximum atomic E-state index is 6.09. The van der Waals surface area contributed by atoms with E-state index >= 15 is 0 Å². The highest BCUT2D eigenvalue weighted by molar-refractivity contribution is 7.99. The van der Waals surface area contributed by atoms with Gasteiger partial charge in [-0.15, -0.1) is 0 Å². The van der Waals surface area contributed by atoms with Crippen molar-refractivity contribution in [2.75, 3.05) is 24.6 Å². The van der Waals surface area contributed by atoms with Gasteiger partial charge in [-0.2, -0.15) is 11.8 Å². The quantitative estimate of drug-likeness (QED) is 0.910. The predicted octanol–water partition coefficient (Wildman–Crippen LogP) is 2.74. The summed E-state index contributed by atoms with van der Waals surface area (Å²) >= 11 is 2.06. The molecule has 0 radical (unpaired) electrons. The molecule has 1 aromatic rings. The summed E-state index contributed by atoms with van der Waals surface area (Å²) in [6, 6.07) is 7.54. The van der Waals surface area contributed by atoms with E-state index in [1.807, 2.05) is 0 Å². The minimum atomic E-state index is 0.377. The van der Waals surface area contributed by atoms with Crippen LogP contribution in [0.5, 0.6) is 0 Å². The summed E-state index contributed by atoms with van der Waals surface area (Å²) in [6.07, 6.45) is 0. The Bertz CT molecular complexity index is 385. The van der Waals surface area contributed by atoms with Gasteiger partial charge in [0, 0.05) is 36.7 Å². The molecule has 1 saturated heterocycles. The number of benzene rings is 1. The average Bonchev–Trinajstić information content (AvgIpc) is 2.35. The van der Waals surface area contributed by atoms with Gasteiger partial charge < -0.3 is 5.73 Å². The smallest absolute Gasteiger partial charge is 0.0479 e. The Hall–Kier alpha value is -0.510. The average molecular weight is 264 g/mol. The van der Waals surface area contributed by atoms with Crippen LogP contribution >= 0.6 is 11.8 Å². The van der Waals surface area contributed by atoms with E-state index in [1.165, 1.54) is 28.2 Å². The molecule has 0 spiro atoms. The van der Waals surface area contributed by atoms with Crippen molar-refractivity contribution in [3.8, 4) is 0 Å². The summed E-state index contributed by atoms with van der Waals surface area (Å²) in [5, 5.41) is 0. The van der Waals surface area contributed by atoms with Crippen molar-refractivity contribution in [3.63, 3.8) is 0 Å². The Kier molecular flexibility index (Phi) is 4.71. The third-order valence-electron chi connectivity index (χ3n) is 3.92. The number of rotatable bonds is 3. The van der Waals surface area contributed by atoms with Gasteiger partial charge in [-0.25, -0.2) is 0 Å². The molecule has 100 valence electrons. The highest BCUT2D eigenvalue weighted by Crippen LogP contribution is 2.30. The van der Waals surface area contributed by atoms with E-state index in [2.05, 4.69) is 55.6 Å². The van der Waals surface area contributed by atoms with Crippen LogP contribution in [-0.2, 0) is 0 Å². The lowest BCUT2D eigenvalue weighted by Crippen LogP contribution is -2.45. The van der Waals surface area contributed by atoms with Crippen molar-refractivity contribution in [2.24, 2.45) is 5.73 Å². The number of nitrogens with two attached hydrogens (primary N) is 1. The molecule has 0 amide bonds. The fourth-order valence-corrected chi connectivity index (χ4v) is 4.01. The van der Waals surface area contributed by atoms with Gasteiger partial charge in [0.15, 0.2) is 0 Å². The predicted molar refractivity (Wildman–Crippen MR) is 81.2 cm³/mol. The molecule has 1 aliphatic heterocycles. The lowest BCUT2D eigenvalue weighted by Gasteiger charge is -2.40. The zero-order chi connectivity index (χ0) is 13.1. The molecule has 1 fully saturated rings. The van der Waals surface area contributed by atoms with Crippen LogP contribution in [0.2, 0.25) is 0 Å². The monoisotopic (exact) mass is 264 g/mol. The van der Waals surface area contributed by atoms with Crippen molar-refractivity contribution >= 4 is 11.8 Å². The molecule has 2 atom stereocenters. The molecule has 0 aliphatic carbocycles. The second-order valence-electron chi connectivity index (χ2n) is 5.22. The first-order chi connectivity index (χ1) is 8.65. The number of aryl methyl sites for hydroxylation is 2. The van der Waals surface area contributed by atoms with Crippen LogP contribution in [0, 0.1) is 13.8 Å². The molecule has 0 bridgehead atoms. The number of nitrogens with zero attached hydrogens (tertiary/aromatic N) is 1. The lowest BCUT2D eigenvalue weighted by molar-refractivity contribution is 0.165. The Morgan fingerprint density at radius 3 is 2.61 bits per heavy atom. The molecule has 0 saturated carbocycles. The largest absolute Gasteiger partial charge is 0.329 e. The molecule has 2 rings (SSSR count). The molecule has 1 aromatic carbocycles. The molecular formula is C15H24N2S. The van der Waals surface area contributed by atoms with Gasteiger partial charge in [0.1, 0.15) is 0 Å². The number of thioether (sulfide) groups is 1. The van der Waals surface area contributed by atoms with Crippen LogP contribution < -0.4 is 5.73 Å². The molecule has 0 aromatic heterocycles. The van der Waals surface area contributed by atoms with Crippen LogP contribution in [-0.4, -0.2) is 35.5 Å². The Labute approximate surface area is 115 Å². The summed E-state index contributed by atoms with van der Waals surface area (Å²) in [6.45, 7) is 8.59. The van der Waals surface area contributed by atoms with Crippen LogP contribution in [0.1, 0.15) is 29.7 Å². The van der Waals surface area contributed by atoms with Crippen molar-refractivity contribution in [1.29, 1.82) is 0 Å². The van der Waals surface area contributed by atoms with Crippen molar-refractivity contribution in [3.05, 3.63) is 34.9 Å². The van der Waals surface area contributed by atoms with Crippen molar-refractivity contribution in [1.82, 2.24) is 4.90 Å². The summed E-state index contributed by atoms with van der Waals surface area (Å²) in [4.78, 5) is 2.59. The molecule has 2 unspecified atom stereocenters. The summed E-state index contributed by atoms with van der Waals surface area (Å²) in [5.74, 6) is 2.45. The molecule has 2 nitrogen and oxygen atoms in total. The second kappa shape index (κ2) is 6.09. The molecular weight excluding hydrogens is 240 g/mol. The SMILES string of the molecule is Cc1cccc(C)c1C(CN)N1CCSCC1C. The second-order valence-corrected chi connectivity index (χ2v) is 6.37. The highest BCUT2D eigenvalue weighted by Gasteiger charge is 2.28. The van der Waals surface area contributed by atoms with E-state index in [0.717, 1.165) is 6.54 Å². The van der Waals surface area contributed by atoms with Gasteiger partial charge in [0.05, 0.1) is 0 Å². The van der Waals surface area contributed by atoms with E-state index in [0.29, 0.717) is 18.6 Å². The highest BCUT2D eigenvalue weighted by atomic mass is 32.2. The van der Waals surface area contributed by atoms with Gasteiger partial charge in [-0.1, -0.05) is 18.2 Å². The Balaban J connectivity index is 2.32. The van der Waals surface area contributed by atoms with Crippen LogP contribution in [0.25, 0.3) is 0 Å². The van der Waals surface area contributed by atoms with Crippen LogP contribution in [0.15, 0.2) is 18.2 Å². The van der Waals surface area contributed by atoms with Crippen molar-refractivity contribution < 1.29 is 0 Å². The van der Waals surface area contributed by atoms with E-state index in [9.17, 15) is 0 Å².